The lowest BCUT2D eigenvalue weighted by Gasteiger charge is -2.32. The molecule has 0 aromatic heterocycles. The highest BCUT2D eigenvalue weighted by molar-refractivity contribution is 5.79. The van der Waals surface area contributed by atoms with E-state index in [1.807, 2.05) is 0 Å². The average Bonchev–Trinajstić information content (AvgIpc) is 2.66. The molecule has 5 nitrogen and oxygen atoms in total. The van der Waals surface area contributed by atoms with Crippen LogP contribution in [-0.4, -0.2) is 81.5 Å². The number of likely N-dealkylation sites (tertiary alicyclic amines) is 1. The highest BCUT2D eigenvalue weighted by Crippen LogP contribution is 2.24. The van der Waals surface area contributed by atoms with Crippen molar-refractivity contribution in [3.8, 4) is 0 Å². The molecule has 0 aromatic carbocycles. The molecule has 0 atom stereocenters. The van der Waals surface area contributed by atoms with Gasteiger partial charge < -0.3 is 15.0 Å². The number of alkyl halides is 3. The van der Waals surface area contributed by atoms with Crippen LogP contribution in [0.2, 0.25) is 0 Å². The summed E-state index contributed by atoms with van der Waals surface area (Å²) in [6.07, 6.45) is 1.98. The van der Waals surface area contributed by atoms with Crippen LogP contribution in [0.15, 0.2) is 4.99 Å². The summed E-state index contributed by atoms with van der Waals surface area (Å²) in [7, 11) is 2.08. The molecule has 2 aliphatic rings. The number of rotatable bonds is 8. The lowest BCUT2D eigenvalue weighted by molar-refractivity contribution is -0.148. The topological polar surface area (TPSA) is 40.1 Å². The van der Waals surface area contributed by atoms with Crippen molar-refractivity contribution in [2.75, 3.05) is 59.5 Å². The van der Waals surface area contributed by atoms with Crippen molar-refractivity contribution in [1.29, 1.82) is 0 Å². The van der Waals surface area contributed by atoms with Crippen LogP contribution < -0.4 is 5.32 Å². The van der Waals surface area contributed by atoms with Gasteiger partial charge in [0.1, 0.15) is 0 Å². The molecule has 0 unspecified atom stereocenters. The van der Waals surface area contributed by atoms with E-state index in [-0.39, 0.29) is 0 Å². The number of halogens is 3. The van der Waals surface area contributed by atoms with Crippen molar-refractivity contribution in [2.45, 2.75) is 51.6 Å². The van der Waals surface area contributed by atoms with Crippen LogP contribution in [0.1, 0.15) is 45.4 Å². The lowest BCUT2D eigenvalue weighted by Crippen LogP contribution is -2.41. The van der Waals surface area contributed by atoms with Crippen LogP contribution in [0, 0.1) is 11.8 Å². The van der Waals surface area contributed by atoms with Crippen LogP contribution in [-0.2, 0) is 4.74 Å². The van der Waals surface area contributed by atoms with Gasteiger partial charge in [0.25, 0.3) is 0 Å². The molecule has 0 amide bonds. The molecule has 2 fully saturated rings. The second-order valence-corrected chi connectivity index (χ2v) is 8.13. The number of aliphatic imine (C=N–C) groups is 1. The minimum absolute atomic E-state index is 0.476. The van der Waals surface area contributed by atoms with Gasteiger partial charge in [-0.25, -0.2) is 0 Å². The van der Waals surface area contributed by atoms with Gasteiger partial charge in [0.05, 0.1) is 6.54 Å². The third-order valence-electron chi connectivity index (χ3n) is 5.82. The zero-order chi connectivity index (χ0) is 20.4. The van der Waals surface area contributed by atoms with Gasteiger partial charge in [-0.2, -0.15) is 13.2 Å². The summed E-state index contributed by atoms with van der Waals surface area (Å²) >= 11 is 0. The summed E-state index contributed by atoms with van der Waals surface area (Å²) in [5.74, 6) is 2.15. The Hall–Kier alpha value is -1.02. The highest BCUT2D eigenvalue weighted by atomic mass is 19.4. The van der Waals surface area contributed by atoms with Gasteiger partial charge in [0, 0.05) is 39.9 Å². The second kappa shape index (κ2) is 11.9. The minimum atomic E-state index is -4.09. The number of hydrogen-bond donors (Lipinski definition) is 1. The standard InChI is InChI=1S/C20H37F3N4O/c1-3-24-19(26(2)11-5-18-8-14-28-15-9-18)25-10-4-17-6-12-27(13-7-17)16-20(21,22)23/h17-18H,3-16H2,1-2H3,(H,24,25). The second-order valence-electron chi connectivity index (χ2n) is 8.13. The van der Waals surface area contributed by atoms with E-state index in [2.05, 4.69) is 24.2 Å². The van der Waals surface area contributed by atoms with Crippen molar-refractivity contribution in [3.05, 3.63) is 0 Å². The van der Waals surface area contributed by atoms with E-state index in [1.54, 1.807) is 0 Å². The van der Waals surface area contributed by atoms with Crippen LogP contribution >= 0.6 is 0 Å². The number of nitrogens with zero attached hydrogens (tertiary/aromatic N) is 3. The van der Waals surface area contributed by atoms with Crippen LogP contribution in [0.3, 0.4) is 0 Å². The molecule has 164 valence electrons. The first kappa shape index (κ1) is 23.3. The fourth-order valence-electron chi connectivity index (χ4n) is 4.03. The zero-order valence-electron chi connectivity index (χ0n) is 17.4. The van der Waals surface area contributed by atoms with E-state index in [9.17, 15) is 13.2 Å². The Morgan fingerprint density at radius 1 is 1.11 bits per heavy atom. The van der Waals surface area contributed by atoms with Crippen molar-refractivity contribution in [2.24, 2.45) is 16.8 Å². The smallest absolute Gasteiger partial charge is 0.381 e. The number of ether oxygens (including phenoxy) is 1. The van der Waals surface area contributed by atoms with Gasteiger partial charge in [-0.1, -0.05) is 0 Å². The number of nitrogens with one attached hydrogen (secondary N) is 1. The average molecular weight is 407 g/mol. The molecule has 1 N–H and O–H groups in total. The first-order valence-electron chi connectivity index (χ1n) is 10.7. The molecular weight excluding hydrogens is 369 g/mol. The van der Waals surface area contributed by atoms with E-state index in [0.29, 0.717) is 19.0 Å². The number of piperidine rings is 1. The zero-order valence-corrected chi connectivity index (χ0v) is 17.4. The van der Waals surface area contributed by atoms with Crippen LogP contribution in [0.5, 0.6) is 0 Å². The minimum Gasteiger partial charge on any atom is -0.381 e. The van der Waals surface area contributed by atoms with Crippen molar-refractivity contribution >= 4 is 5.96 Å². The molecule has 2 aliphatic heterocycles. The van der Waals surface area contributed by atoms with E-state index in [1.165, 1.54) is 4.90 Å². The first-order valence-corrected chi connectivity index (χ1v) is 10.7. The van der Waals surface area contributed by atoms with Crippen molar-refractivity contribution < 1.29 is 17.9 Å². The third-order valence-corrected chi connectivity index (χ3v) is 5.82. The maximum Gasteiger partial charge on any atom is 0.401 e. The molecule has 28 heavy (non-hydrogen) atoms. The fraction of sp³-hybridized carbons (Fsp3) is 0.950. The Labute approximate surface area is 167 Å². The summed E-state index contributed by atoms with van der Waals surface area (Å²) in [6, 6.07) is 0. The van der Waals surface area contributed by atoms with Crippen LogP contribution in [0.25, 0.3) is 0 Å². The summed E-state index contributed by atoms with van der Waals surface area (Å²) in [4.78, 5) is 8.48. The monoisotopic (exact) mass is 406 g/mol. The maximum atomic E-state index is 12.5. The molecule has 2 rings (SSSR count). The molecular formula is C20H37F3N4O. The van der Waals surface area contributed by atoms with Gasteiger partial charge >= 0.3 is 6.18 Å². The number of guanidine groups is 1. The van der Waals surface area contributed by atoms with Gasteiger partial charge in [0.15, 0.2) is 5.96 Å². The first-order chi connectivity index (χ1) is 13.4. The molecule has 0 aromatic rings. The quantitative estimate of drug-likeness (QED) is 0.496. The largest absolute Gasteiger partial charge is 0.401 e. The third kappa shape index (κ3) is 8.99. The molecule has 0 spiro atoms. The fourth-order valence-corrected chi connectivity index (χ4v) is 4.03. The number of hydrogen-bond acceptors (Lipinski definition) is 3. The van der Waals surface area contributed by atoms with Gasteiger partial charge in [0.2, 0.25) is 0 Å². The molecule has 8 heteroatoms. The van der Waals surface area contributed by atoms with Crippen molar-refractivity contribution in [3.63, 3.8) is 0 Å². The SMILES string of the molecule is CCNC(=NCCC1CCN(CC(F)(F)F)CC1)N(C)CCC1CCOCC1. The Morgan fingerprint density at radius 2 is 1.75 bits per heavy atom. The van der Waals surface area contributed by atoms with Gasteiger partial charge in [-0.3, -0.25) is 9.89 Å². The van der Waals surface area contributed by atoms with Gasteiger partial charge in [-0.05, 0) is 70.4 Å². The maximum absolute atomic E-state index is 12.5. The van der Waals surface area contributed by atoms with E-state index < -0.39 is 12.7 Å². The summed E-state index contributed by atoms with van der Waals surface area (Å²) in [5, 5.41) is 3.36. The molecule has 0 radical (unpaired) electrons. The molecule has 2 saturated heterocycles. The predicted molar refractivity (Wildman–Crippen MR) is 107 cm³/mol. The highest BCUT2D eigenvalue weighted by Gasteiger charge is 2.32. The van der Waals surface area contributed by atoms with Crippen LogP contribution in [0.4, 0.5) is 13.2 Å². The molecule has 0 saturated carbocycles. The summed E-state index contributed by atoms with van der Waals surface area (Å²) in [5.41, 5.74) is 0. The summed E-state index contributed by atoms with van der Waals surface area (Å²) < 4.78 is 42.9. The Balaban J connectivity index is 1.70. The summed E-state index contributed by atoms with van der Waals surface area (Å²) in [6.45, 7) is 6.67. The van der Waals surface area contributed by atoms with E-state index in [4.69, 9.17) is 9.73 Å². The Bertz CT molecular complexity index is 459. The Kier molecular flexibility index (Phi) is 9.85. The molecule has 0 bridgehead atoms. The molecule has 2 heterocycles. The predicted octanol–water partition coefficient (Wildman–Crippen LogP) is 3.36. The lowest BCUT2D eigenvalue weighted by atomic mass is 9.93. The van der Waals surface area contributed by atoms with Crippen molar-refractivity contribution in [1.82, 2.24) is 15.1 Å². The molecule has 0 aliphatic carbocycles. The van der Waals surface area contributed by atoms with E-state index in [0.717, 1.165) is 83.3 Å². The normalized spacial score (nSPS) is 21.1. The Morgan fingerprint density at radius 3 is 2.36 bits per heavy atom. The van der Waals surface area contributed by atoms with Gasteiger partial charge in [-0.15, -0.1) is 0 Å². The van der Waals surface area contributed by atoms with E-state index >= 15 is 0 Å².